The second-order valence-corrected chi connectivity index (χ2v) is 8.21. The molecule has 1 aromatic carbocycles. The molecule has 0 fully saturated rings. The van der Waals surface area contributed by atoms with Gasteiger partial charge in [0, 0.05) is 11.8 Å². The summed E-state index contributed by atoms with van der Waals surface area (Å²) in [5, 5.41) is 2.58. The number of carbonyl (C=O) groups excluding carboxylic acids is 1. The first-order valence-electron chi connectivity index (χ1n) is 6.38. The van der Waals surface area contributed by atoms with Gasteiger partial charge in [0.05, 0.1) is 10.9 Å². The number of thiophene rings is 1. The van der Waals surface area contributed by atoms with Crippen LogP contribution >= 0.6 is 22.9 Å². The van der Waals surface area contributed by atoms with Gasteiger partial charge in [-0.3, -0.25) is 4.79 Å². The molecule has 0 saturated heterocycles. The molecule has 23 heavy (non-hydrogen) atoms. The Morgan fingerprint density at radius 3 is 2.74 bits per heavy atom. The average Bonchev–Trinajstić information content (AvgIpc) is 3.14. The lowest BCUT2D eigenvalue weighted by atomic mass is 10.3. The minimum absolute atomic E-state index is 0.0541. The van der Waals surface area contributed by atoms with Crippen LogP contribution in [0.3, 0.4) is 0 Å². The van der Waals surface area contributed by atoms with Crippen LogP contribution in [0.4, 0.5) is 5.69 Å². The van der Waals surface area contributed by atoms with Crippen LogP contribution < -0.4 is 19.5 Å². The predicted octanol–water partition coefficient (Wildman–Crippen LogP) is 2.05. The molecule has 1 amide bonds. The summed E-state index contributed by atoms with van der Waals surface area (Å²) in [6, 6.07) is 7.76. The maximum atomic E-state index is 12.0. The normalized spacial score (nSPS) is 13.1. The van der Waals surface area contributed by atoms with Crippen molar-refractivity contribution in [2.45, 2.75) is 4.21 Å². The number of nitrogens with one attached hydrogen (secondary N) is 2. The van der Waals surface area contributed by atoms with Crippen LogP contribution in [0.15, 0.2) is 34.5 Å². The number of hydrogen-bond acceptors (Lipinski definition) is 6. The molecule has 3 rings (SSSR count). The number of anilines is 1. The van der Waals surface area contributed by atoms with Gasteiger partial charge in [-0.2, -0.15) is 0 Å². The zero-order chi connectivity index (χ0) is 16.4. The zero-order valence-corrected chi connectivity index (χ0v) is 13.9. The molecule has 1 aliphatic heterocycles. The number of carbonyl (C=O) groups is 1. The highest BCUT2D eigenvalue weighted by molar-refractivity contribution is 7.91. The van der Waals surface area contributed by atoms with Crippen molar-refractivity contribution >= 4 is 44.6 Å². The van der Waals surface area contributed by atoms with Gasteiger partial charge in [-0.25, -0.2) is 13.1 Å². The molecule has 2 heterocycles. The fraction of sp³-hybridized carbons (Fsp3) is 0.154. The lowest BCUT2D eigenvalue weighted by Crippen LogP contribution is -2.32. The molecule has 1 aliphatic rings. The highest BCUT2D eigenvalue weighted by atomic mass is 35.5. The molecule has 2 aromatic rings. The smallest absolute Gasteiger partial charge is 0.250 e. The van der Waals surface area contributed by atoms with Crippen molar-refractivity contribution in [3.8, 4) is 11.5 Å². The van der Waals surface area contributed by atoms with Crippen LogP contribution in [0.2, 0.25) is 4.34 Å². The van der Waals surface area contributed by atoms with Crippen molar-refractivity contribution < 1.29 is 22.7 Å². The van der Waals surface area contributed by atoms with Crippen LogP contribution in [-0.2, 0) is 14.8 Å². The Balaban J connectivity index is 1.59. The topological polar surface area (TPSA) is 93.7 Å². The summed E-state index contributed by atoms with van der Waals surface area (Å²) in [6.45, 7) is -0.262. The van der Waals surface area contributed by atoms with Crippen LogP contribution in [0.5, 0.6) is 11.5 Å². The number of amides is 1. The molecule has 0 unspecified atom stereocenters. The number of benzene rings is 1. The van der Waals surface area contributed by atoms with Crippen molar-refractivity contribution in [3.05, 3.63) is 34.7 Å². The molecule has 0 bridgehead atoms. The minimum Gasteiger partial charge on any atom is -0.454 e. The van der Waals surface area contributed by atoms with E-state index in [9.17, 15) is 13.2 Å². The molecule has 10 heteroatoms. The second-order valence-electron chi connectivity index (χ2n) is 4.50. The van der Waals surface area contributed by atoms with Crippen LogP contribution in [-0.4, -0.2) is 27.7 Å². The van der Waals surface area contributed by atoms with Crippen LogP contribution in [0.1, 0.15) is 0 Å². The minimum atomic E-state index is -3.76. The van der Waals surface area contributed by atoms with E-state index >= 15 is 0 Å². The number of fused-ring (bicyclic) bond motifs is 1. The number of hydrogen-bond donors (Lipinski definition) is 2. The van der Waals surface area contributed by atoms with E-state index < -0.39 is 22.5 Å². The largest absolute Gasteiger partial charge is 0.454 e. The van der Waals surface area contributed by atoms with Gasteiger partial charge >= 0.3 is 0 Å². The maximum absolute atomic E-state index is 12.0. The first kappa shape index (κ1) is 16.1. The summed E-state index contributed by atoms with van der Waals surface area (Å²) >= 11 is 6.62. The molecule has 122 valence electrons. The Morgan fingerprint density at radius 2 is 2.00 bits per heavy atom. The zero-order valence-electron chi connectivity index (χ0n) is 11.5. The quantitative estimate of drug-likeness (QED) is 0.835. The fourth-order valence-corrected chi connectivity index (χ4v) is 4.36. The summed E-state index contributed by atoms with van der Waals surface area (Å²) in [5.41, 5.74) is 0.484. The van der Waals surface area contributed by atoms with Gasteiger partial charge in [0.2, 0.25) is 12.7 Å². The molecule has 0 atom stereocenters. The SMILES string of the molecule is O=C(CNS(=O)(=O)c1ccc(Cl)s1)Nc1ccc2c(c1)OCO2. The molecule has 1 aromatic heterocycles. The average molecular weight is 375 g/mol. The molecule has 0 aliphatic carbocycles. The summed E-state index contributed by atoms with van der Waals surface area (Å²) in [6.07, 6.45) is 0. The summed E-state index contributed by atoms with van der Waals surface area (Å²) < 4.78 is 37.0. The molecular weight excluding hydrogens is 364 g/mol. The number of halogens is 1. The summed E-state index contributed by atoms with van der Waals surface area (Å²) in [5.74, 6) is 0.616. The Labute approximate surface area is 141 Å². The van der Waals surface area contributed by atoms with Crippen LogP contribution in [0, 0.1) is 0 Å². The third kappa shape index (κ3) is 3.75. The van der Waals surface area contributed by atoms with E-state index in [2.05, 4.69) is 10.0 Å². The lowest BCUT2D eigenvalue weighted by Gasteiger charge is -2.07. The van der Waals surface area contributed by atoms with Gasteiger partial charge in [-0.1, -0.05) is 11.6 Å². The van der Waals surface area contributed by atoms with E-state index in [-0.39, 0.29) is 11.0 Å². The van der Waals surface area contributed by atoms with E-state index in [1.807, 2.05) is 0 Å². The first-order chi connectivity index (χ1) is 10.9. The fourth-order valence-electron chi connectivity index (χ4n) is 1.85. The first-order valence-corrected chi connectivity index (χ1v) is 9.06. The van der Waals surface area contributed by atoms with Crippen molar-refractivity contribution in [2.75, 3.05) is 18.7 Å². The maximum Gasteiger partial charge on any atom is 0.250 e. The number of sulfonamides is 1. The molecule has 2 N–H and O–H groups in total. The lowest BCUT2D eigenvalue weighted by molar-refractivity contribution is -0.115. The van der Waals surface area contributed by atoms with E-state index in [0.29, 0.717) is 21.5 Å². The highest BCUT2D eigenvalue weighted by Crippen LogP contribution is 2.34. The Kier molecular flexibility index (Phi) is 4.44. The predicted molar refractivity (Wildman–Crippen MR) is 85.7 cm³/mol. The third-order valence-electron chi connectivity index (χ3n) is 2.89. The van der Waals surface area contributed by atoms with E-state index in [0.717, 1.165) is 11.3 Å². The van der Waals surface area contributed by atoms with Gasteiger partial charge in [-0.15, -0.1) is 11.3 Å². The van der Waals surface area contributed by atoms with E-state index in [4.69, 9.17) is 21.1 Å². The van der Waals surface area contributed by atoms with Gasteiger partial charge in [0.15, 0.2) is 11.5 Å². The van der Waals surface area contributed by atoms with E-state index in [1.165, 1.54) is 12.1 Å². The monoisotopic (exact) mass is 374 g/mol. The molecule has 0 spiro atoms. The number of rotatable bonds is 5. The molecule has 0 radical (unpaired) electrons. The van der Waals surface area contributed by atoms with Crippen molar-refractivity contribution in [3.63, 3.8) is 0 Å². The Hall–Kier alpha value is -1.81. The molecular formula is C13H11ClN2O5S2. The standard InChI is InChI=1S/C13H11ClN2O5S2/c14-11-3-4-13(22-11)23(18,19)15-6-12(17)16-8-1-2-9-10(5-8)21-7-20-9/h1-5,15H,6-7H2,(H,16,17). The van der Waals surface area contributed by atoms with Gasteiger partial charge in [0.25, 0.3) is 10.0 Å². The van der Waals surface area contributed by atoms with Crippen LogP contribution in [0.25, 0.3) is 0 Å². The summed E-state index contributed by atoms with van der Waals surface area (Å²) in [4.78, 5) is 11.9. The van der Waals surface area contributed by atoms with Gasteiger partial charge in [-0.05, 0) is 24.3 Å². The number of ether oxygens (including phenoxy) is 2. The Morgan fingerprint density at radius 1 is 1.22 bits per heavy atom. The molecule has 7 nitrogen and oxygen atoms in total. The highest BCUT2D eigenvalue weighted by Gasteiger charge is 2.18. The Bertz CT molecular complexity index is 850. The van der Waals surface area contributed by atoms with Gasteiger partial charge in [0.1, 0.15) is 4.21 Å². The van der Waals surface area contributed by atoms with Crippen molar-refractivity contribution in [1.29, 1.82) is 0 Å². The van der Waals surface area contributed by atoms with Crippen molar-refractivity contribution in [1.82, 2.24) is 4.72 Å². The van der Waals surface area contributed by atoms with Crippen molar-refractivity contribution in [2.24, 2.45) is 0 Å². The van der Waals surface area contributed by atoms with Gasteiger partial charge < -0.3 is 14.8 Å². The molecule has 0 saturated carbocycles. The van der Waals surface area contributed by atoms with E-state index in [1.54, 1.807) is 18.2 Å². The second kappa shape index (κ2) is 6.36. The summed E-state index contributed by atoms with van der Waals surface area (Å²) in [7, 11) is -3.76. The third-order valence-corrected chi connectivity index (χ3v) is 6.02.